The van der Waals surface area contributed by atoms with Crippen molar-refractivity contribution >= 4 is 35.1 Å². The Labute approximate surface area is 159 Å². The van der Waals surface area contributed by atoms with E-state index in [0.717, 1.165) is 12.4 Å². The Balaban J connectivity index is 1.90. The van der Waals surface area contributed by atoms with Gasteiger partial charge in [0.25, 0.3) is 0 Å². The van der Waals surface area contributed by atoms with Gasteiger partial charge in [-0.15, -0.1) is 0 Å². The Morgan fingerprint density at radius 2 is 2.00 bits per heavy atom. The summed E-state index contributed by atoms with van der Waals surface area (Å²) in [6.07, 6.45) is 6.23. The molecule has 1 amide bonds. The van der Waals surface area contributed by atoms with Gasteiger partial charge in [-0.1, -0.05) is 42.6 Å². The molecular weight excluding hydrogens is 358 g/mol. The number of carbonyl (C=O) groups excluding carboxylic acids is 1. The Morgan fingerprint density at radius 1 is 1.28 bits per heavy atom. The van der Waals surface area contributed by atoms with Crippen LogP contribution < -0.4 is 10.2 Å². The quantitative estimate of drug-likeness (QED) is 0.421. The first-order chi connectivity index (χ1) is 12.0. The largest absolute Gasteiger partial charge is 0.357 e. The molecule has 0 bridgehead atoms. The highest BCUT2D eigenvalue weighted by atomic mass is 35.5. The maximum atomic E-state index is 11.9. The van der Waals surface area contributed by atoms with E-state index in [1.54, 1.807) is 6.07 Å². The molecule has 1 aromatic heterocycles. The van der Waals surface area contributed by atoms with Gasteiger partial charge in [0.2, 0.25) is 5.91 Å². The number of amides is 1. The van der Waals surface area contributed by atoms with E-state index in [1.165, 1.54) is 43.9 Å². The normalized spacial score (nSPS) is 15.4. The average molecular weight is 386 g/mol. The van der Waals surface area contributed by atoms with Crippen LogP contribution in [-0.2, 0) is 4.79 Å². The lowest BCUT2D eigenvalue weighted by molar-refractivity contribution is -0.118. The fourth-order valence-electron chi connectivity index (χ4n) is 2.89. The molecule has 6 nitrogen and oxygen atoms in total. The zero-order valence-electron chi connectivity index (χ0n) is 15.3. The highest BCUT2D eigenvalue weighted by Gasteiger charge is 2.20. The van der Waals surface area contributed by atoms with E-state index in [4.69, 9.17) is 11.6 Å². The summed E-state index contributed by atoms with van der Waals surface area (Å²) in [5.41, 5.74) is 0. The SMILES string of the molecule is CN(C)CCNC(=O)CSc1nc(Cl)cc(N(C)C2CCCCC2)n1. The highest BCUT2D eigenvalue weighted by Crippen LogP contribution is 2.27. The molecule has 0 aromatic carbocycles. The fourth-order valence-corrected chi connectivity index (χ4v) is 3.80. The second kappa shape index (κ2) is 10.2. The van der Waals surface area contributed by atoms with Crippen molar-refractivity contribution in [3.63, 3.8) is 0 Å². The summed E-state index contributed by atoms with van der Waals surface area (Å²) in [5.74, 6) is 1.11. The molecule has 25 heavy (non-hydrogen) atoms. The molecule has 0 atom stereocenters. The number of aromatic nitrogens is 2. The molecule has 0 saturated heterocycles. The van der Waals surface area contributed by atoms with Gasteiger partial charge in [0, 0.05) is 32.2 Å². The first-order valence-corrected chi connectivity index (χ1v) is 10.1. The van der Waals surface area contributed by atoms with Crippen LogP contribution in [0.1, 0.15) is 32.1 Å². The van der Waals surface area contributed by atoms with Crippen molar-refractivity contribution in [2.24, 2.45) is 0 Å². The summed E-state index contributed by atoms with van der Waals surface area (Å²) >= 11 is 7.49. The molecule has 1 aromatic rings. The summed E-state index contributed by atoms with van der Waals surface area (Å²) in [5, 5.41) is 3.86. The second-order valence-corrected chi connectivity index (χ2v) is 8.01. The third-order valence-corrected chi connectivity index (χ3v) is 5.40. The monoisotopic (exact) mass is 385 g/mol. The summed E-state index contributed by atoms with van der Waals surface area (Å²) in [6.45, 7) is 1.46. The van der Waals surface area contributed by atoms with Gasteiger partial charge in [0.1, 0.15) is 11.0 Å². The molecule has 1 saturated carbocycles. The number of likely N-dealkylation sites (N-methyl/N-ethyl adjacent to an activating group) is 1. The summed E-state index contributed by atoms with van der Waals surface area (Å²) in [4.78, 5) is 25.0. The van der Waals surface area contributed by atoms with E-state index in [-0.39, 0.29) is 5.91 Å². The molecule has 140 valence electrons. The van der Waals surface area contributed by atoms with Gasteiger partial charge >= 0.3 is 0 Å². The van der Waals surface area contributed by atoms with Crippen LogP contribution in [0.15, 0.2) is 11.2 Å². The van der Waals surface area contributed by atoms with Gasteiger partial charge < -0.3 is 15.1 Å². The zero-order chi connectivity index (χ0) is 18.2. The van der Waals surface area contributed by atoms with Crippen molar-refractivity contribution < 1.29 is 4.79 Å². The molecule has 0 radical (unpaired) electrons. The average Bonchev–Trinajstić information content (AvgIpc) is 2.59. The van der Waals surface area contributed by atoms with Crippen LogP contribution in [0.2, 0.25) is 5.15 Å². The van der Waals surface area contributed by atoms with Crippen LogP contribution >= 0.6 is 23.4 Å². The second-order valence-electron chi connectivity index (χ2n) is 6.68. The summed E-state index contributed by atoms with van der Waals surface area (Å²) in [6, 6.07) is 2.31. The molecule has 2 rings (SSSR count). The van der Waals surface area contributed by atoms with E-state index in [0.29, 0.717) is 28.6 Å². The number of halogens is 1. The van der Waals surface area contributed by atoms with E-state index in [9.17, 15) is 4.79 Å². The summed E-state index contributed by atoms with van der Waals surface area (Å²) in [7, 11) is 6.02. The first kappa shape index (κ1) is 20.3. The molecular formula is C17H28ClN5OS. The minimum Gasteiger partial charge on any atom is -0.357 e. The molecule has 1 heterocycles. The smallest absolute Gasteiger partial charge is 0.230 e. The van der Waals surface area contributed by atoms with Gasteiger partial charge in [-0.3, -0.25) is 4.79 Å². The Hall–Kier alpha value is -1.05. The number of anilines is 1. The van der Waals surface area contributed by atoms with Crippen LogP contribution in [0.25, 0.3) is 0 Å². The molecule has 1 N–H and O–H groups in total. The molecule has 1 fully saturated rings. The maximum absolute atomic E-state index is 11.9. The van der Waals surface area contributed by atoms with Crippen LogP contribution in [0, 0.1) is 0 Å². The molecule has 1 aliphatic rings. The maximum Gasteiger partial charge on any atom is 0.230 e. The van der Waals surface area contributed by atoms with Crippen LogP contribution in [0.5, 0.6) is 0 Å². The molecule has 1 aliphatic carbocycles. The number of nitrogens with zero attached hydrogens (tertiary/aromatic N) is 4. The lowest BCUT2D eigenvalue weighted by Crippen LogP contribution is -2.34. The number of hydrogen-bond donors (Lipinski definition) is 1. The van der Waals surface area contributed by atoms with Crippen molar-refractivity contribution in [1.82, 2.24) is 20.2 Å². The van der Waals surface area contributed by atoms with E-state index in [2.05, 4.69) is 27.2 Å². The minimum absolute atomic E-state index is 0.0161. The number of nitrogens with one attached hydrogen (secondary N) is 1. The van der Waals surface area contributed by atoms with Gasteiger partial charge in [-0.25, -0.2) is 9.97 Å². The lowest BCUT2D eigenvalue weighted by atomic mass is 9.94. The molecule has 8 heteroatoms. The van der Waals surface area contributed by atoms with Crippen molar-refractivity contribution in [1.29, 1.82) is 0 Å². The minimum atomic E-state index is -0.0161. The molecule has 0 aliphatic heterocycles. The summed E-state index contributed by atoms with van der Waals surface area (Å²) < 4.78 is 0. The Bertz CT molecular complexity index is 566. The number of hydrogen-bond acceptors (Lipinski definition) is 6. The van der Waals surface area contributed by atoms with Crippen molar-refractivity contribution in [3.05, 3.63) is 11.2 Å². The van der Waals surface area contributed by atoms with E-state index < -0.39 is 0 Å². The third-order valence-electron chi connectivity index (χ3n) is 4.36. The van der Waals surface area contributed by atoms with Crippen LogP contribution in [0.4, 0.5) is 5.82 Å². The lowest BCUT2D eigenvalue weighted by Gasteiger charge is -2.32. The van der Waals surface area contributed by atoms with Gasteiger partial charge in [-0.05, 0) is 26.9 Å². The Kier molecular flexibility index (Phi) is 8.26. The predicted molar refractivity (Wildman–Crippen MR) is 105 cm³/mol. The number of carbonyl (C=O) groups is 1. The van der Waals surface area contributed by atoms with Gasteiger partial charge in [0.15, 0.2) is 5.16 Å². The third kappa shape index (κ3) is 6.99. The standard InChI is InChI=1S/C17H28ClN5OS/c1-22(2)10-9-19-16(24)12-25-17-20-14(18)11-15(21-17)23(3)13-7-5-4-6-8-13/h11,13H,4-10,12H2,1-3H3,(H,19,24). The highest BCUT2D eigenvalue weighted by molar-refractivity contribution is 7.99. The van der Waals surface area contributed by atoms with Gasteiger partial charge in [0.05, 0.1) is 5.75 Å². The fraction of sp³-hybridized carbons (Fsp3) is 0.706. The van der Waals surface area contributed by atoms with E-state index >= 15 is 0 Å². The Morgan fingerprint density at radius 3 is 2.68 bits per heavy atom. The number of thioether (sulfide) groups is 1. The van der Waals surface area contributed by atoms with Gasteiger partial charge in [-0.2, -0.15) is 0 Å². The zero-order valence-corrected chi connectivity index (χ0v) is 16.9. The van der Waals surface area contributed by atoms with Crippen LogP contribution in [-0.4, -0.2) is 66.8 Å². The van der Waals surface area contributed by atoms with Crippen molar-refractivity contribution in [3.8, 4) is 0 Å². The van der Waals surface area contributed by atoms with E-state index in [1.807, 2.05) is 19.0 Å². The van der Waals surface area contributed by atoms with Crippen LogP contribution in [0.3, 0.4) is 0 Å². The predicted octanol–water partition coefficient (Wildman–Crippen LogP) is 2.67. The molecule has 0 spiro atoms. The molecule has 0 unspecified atom stereocenters. The number of rotatable bonds is 8. The topological polar surface area (TPSA) is 61.4 Å². The first-order valence-electron chi connectivity index (χ1n) is 8.77. The van der Waals surface area contributed by atoms with Crippen molar-refractivity contribution in [2.75, 3.05) is 44.9 Å². The van der Waals surface area contributed by atoms with Crippen molar-refractivity contribution in [2.45, 2.75) is 43.3 Å².